The van der Waals surface area contributed by atoms with E-state index in [2.05, 4.69) is 9.84 Å². The molecule has 98 valence electrons. The molecule has 0 bridgehead atoms. The van der Waals surface area contributed by atoms with E-state index < -0.39 is 29.7 Å². The fraction of sp³-hybridized carbons (Fsp3) is 0.500. The summed E-state index contributed by atoms with van der Waals surface area (Å²) in [5.41, 5.74) is -2.69. The number of esters is 1. The predicted molar refractivity (Wildman–Crippen MR) is 53.4 cm³/mol. The van der Waals surface area contributed by atoms with Crippen LogP contribution in [0.1, 0.15) is 22.6 Å². The molecule has 1 aromatic heterocycles. The summed E-state index contributed by atoms with van der Waals surface area (Å²) in [5.74, 6) is -5.77. The zero-order chi connectivity index (χ0) is 13.7. The molecule has 1 aliphatic carbocycles. The number of carboxylic acids is 1. The first-order chi connectivity index (χ1) is 8.26. The predicted octanol–water partition coefficient (Wildman–Crippen LogP) is 0.568. The average Bonchev–Trinajstić information content (AvgIpc) is 2.66. The molecule has 1 fully saturated rings. The molecule has 8 heteroatoms. The summed E-state index contributed by atoms with van der Waals surface area (Å²) in [5, 5.41) is 12.7. The molecule has 18 heavy (non-hydrogen) atoms. The van der Waals surface area contributed by atoms with Gasteiger partial charge in [-0.1, -0.05) is 0 Å². The molecule has 2 rings (SSSR count). The highest BCUT2D eigenvalue weighted by atomic mass is 19.3. The smallest absolute Gasteiger partial charge is 0.358 e. The molecule has 1 heterocycles. The number of aryl methyl sites for hydroxylation is 1. The monoisotopic (exact) mass is 260 g/mol. The highest BCUT2D eigenvalue weighted by Crippen LogP contribution is 2.61. The number of carbonyl (C=O) groups is 2. The minimum absolute atomic E-state index is 0.196. The van der Waals surface area contributed by atoms with Gasteiger partial charge in [0.1, 0.15) is 0 Å². The van der Waals surface area contributed by atoms with Gasteiger partial charge in [0.05, 0.1) is 12.8 Å². The standard InChI is InChI=1S/C10H10F2N2O4/c1-14-6(3-5(13-14)7(15)18-2)9(8(16)17)4-10(9,11)12/h3H,4H2,1-2H3,(H,16,17). The lowest BCUT2D eigenvalue weighted by Crippen LogP contribution is -2.29. The van der Waals surface area contributed by atoms with E-state index in [1.807, 2.05) is 0 Å². The summed E-state index contributed by atoms with van der Waals surface area (Å²) < 4.78 is 32.0. The number of hydrogen-bond donors (Lipinski definition) is 1. The third-order valence-electron chi connectivity index (χ3n) is 3.06. The first kappa shape index (κ1) is 12.5. The van der Waals surface area contributed by atoms with Crippen molar-refractivity contribution >= 4 is 11.9 Å². The average molecular weight is 260 g/mol. The van der Waals surface area contributed by atoms with Gasteiger partial charge in [-0.25, -0.2) is 13.6 Å². The summed E-state index contributed by atoms with van der Waals surface area (Å²) in [4.78, 5) is 22.3. The molecule has 1 atom stereocenters. The van der Waals surface area contributed by atoms with Crippen molar-refractivity contribution < 1.29 is 28.2 Å². The Bertz CT molecular complexity index is 540. The summed E-state index contributed by atoms with van der Waals surface area (Å²) >= 11 is 0. The summed E-state index contributed by atoms with van der Waals surface area (Å²) in [7, 11) is 2.43. The van der Waals surface area contributed by atoms with Gasteiger partial charge in [-0.05, 0) is 6.07 Å². The molecule has 1 unspecified atom stereocenters. The fourth-order valence-electron chi connectivity index (χ4n) is 1.98. The largest absolute Gasteiger partial charge is 0.480 e. The molecule has 0 saturated heterocycles. The number of rotatable bonds is 3. The van der Waals surface area contributed by atoms with E-state index in [0.29, 0.717) is 0 Å². The van der Waals surface area contributed by atoms with Crippen molar-refractivity contribution in [1.29, 1.82) is 0 Å². The van der Waals surface area contributed by atoms with E-state index in [1.54, 1.807) is 0 Å². The molecule has 0 aliphatic heterocycles. The quantitative estimate of drug-likeness (QED) is 0.803. The maximum absolute atomic E-state index is 13.3. The van der Waals surface area contributed by atoms with Gasteiger partial charge < -0.3 is 9.84 Å². The van der Waals surface area contributed by atoms with Gasteiger partial charge in [0, 0.05) is 13.5 Å². The highest BCUT2D eigenvalue weighted by molar-refractivity contribution is 5.90. The Morgan fingerprint density at radius 2 is 2.11 bits per heavy atom. The molecule has 0 spiro atoms. The number of aromatic nitrogens is 2. The number of halogens is 2. The third-order valence-corrected chi connectivity index (χ3v) is 3.06. The number of aliphatic carboxylic acids is 1. The maximum Gasteiger partial charge on any atom is 0.358 e. The van der Waals surface area contributed by atoms with Crippen molar-refractivity contribution in [2.45, 2.75) is 17.8 Å². The van der Waals surface area contributed by atoms with Crippen LogP contribution in [0.2, 0.25) is 0 Å². The van der Waals surface area contributed by atoms with Crippen LogP contribution in [0.15, 0.2) is 6.07 Å². The van der Waals surface area contributed by atoms with Crippen LogP contribution in [-0.4, -0.2) is 39.9 Å². The van der Waals surface area contributed by atoms with Gasteiger partial charge >= 0.3 is 11.9 Å². The minimum atomic E-state index is -3.33. The Hall–Kier alpha value is -1.99. The van der Waals surface area contributed by atoms with E-state index in [1.165, 1.54) is 7.05 Å². The number of alkyl halides is 2. The van der Waals surface area contributed by atoms with Crippen molar-refractivity contribution in [3.8, 4) is 0 Å². The zero-order valence-corrected chi connectivity index (χ0v) is 9.61. The number of methoxy groups -OCH3 is 1. The third kappa shape index (κ3) is 1.41. The van der Waals surface area contributed by atoms with Crippen LogP contribution in [0.5, 0.6) is 0 Å². The van der Waals surface area contributed by atoms with Gasteiger partial charge in [-0.2, -0.15) is 5.10 Å². The number of carbonyl (C=O) groups excluding carboxylic acids is 1. The first-order valence-electron chi connectivity index (χ1n) is 5.00. The Balaban J connectivity index is 2.49. The Morgan fingerprint density at radius 3 is 2.50 bits per heavy atom. The molecular weight excluding hydrogens is 250 g/mol. The Morgan fingerprint density at radius 1 is 1.56 bits per heavy atom. The van der Waals surface area contributed by atoms with Gasteiger partial charge in [-0.3, -0.25) is 9.48 Å². The van der Waals surface area contributed by atoms with Crippen LogP contribution >= 0.6 is 0 Å². The van der Waals surface area contributed by atoms with Crippen LogP contribution in [0, 0.1) is 0 Å². The number of carboxylic acid groups (broad SMARTS) is 1. The second kappa shape index (κ2) is 3.50. The maximum atomic E-state index is 13.3. The second-order valence-electron chi connectivity index (χ2n) is 4.12. The topological polar surface area (TPSA) is 81.4 Å². The molecule has 0 radical (unpaired) electrons. The normalized spacial score (nSPS) is 24.7. The van der Waals surface area contributed by atoms with Crippen LogP contribution in [0.4, 0.5) is 8.78 Å². The number of ether oxygens (including phenoxy) is 1. The zero-order valence-electron chi connectivity index (χ0n) is 9.61. The molecule has 0 amide bonds. The van der Waals surface area contributed by atoms with Crippen molar-refractivity contribution in [1.82, 2.24) is 9.78 Å². The van der Waals surface area contributed by atoms with E-state index in [-0.39, 0.29) is 11.4 Å². The van der Waals surface area contributed by atoms with Gasteiger partial charge in [0.2, 0.25) is 0 Å². The summed E-state index contributed by atoms with van der Waals surface area (Å²) in [6.45, 7) is 0. The van der Waals surface area contributed by atoms with Crippen molar-refractivity contribution in [3.63, 3.8) is 0 Å². The molecule has 0 aromatic carbocycles. The number of nitrogens with zero attached hydrogens (tertiary/aromatic N) is 2. The van der Waals surface area contributed by atoms with E-state index in [9.17, 15) is 18.4 Å². The fourth-order valence-corrected chi connectivity index (χ4v) is 1.98. The van der Waals surface area contributed by atoms with Crippen molar-refractivity contribution in [3.05, 3.63) is 17.5 Å². The molecule has 6 nitrogen and oxygen atoms in total. The lowest BCUT2D eigenvalue weighted by atomic mass is 10.0. The molecule has 1 aromatic rings. The number of hydrogen-bond acceptors (Lipinski definition) is 4. The van der Waals surface area contributed by atoms with E-state index in [0.717, 1.165) is 17.9 Å². The Labute approximate surface area is 100 Å². The van der Waals surface area contributed by atoms with Gasteiger partial charge in [0.25, 0.3) is 5.92 Å². The lowest BCUT2D eigenvalue weighted by Gasteiger charge is -2.10. The molecule has 1 N–H and O–H groups in total. The van der Waals surface area contributed by atoms with Crippen LogP contribution < -0.4 is 0 Å². The molecule has 1 saturated carbocycles. The highest BCUT2D eigenvalue weighted by Gasteiger charge is 2.78. The van der Waals surface area contributed by atoms with E-state index in [4.69, 9.17) is 5.11 Å². The summed E-state index contributed by atoms with van der Waals surface area (Å²) in [6.07, 6.45) is -0.796. The van der Waals surface area contributed by atoms with Crippen LogP contribution in [-0.2, 0) is 22.0 Å². The molecule has 1 aliphatic rings. The SMILES string of the molecule is COC(=O)c1cc(C2(C(=O)O)CC2(F)F)n(C)n1. The van der Waals surface area contributed by atoms with Crippen LogP contribution in [0.25, 0.3) is 0 Å². The van der Waals surface area contributed by atoms with Crippen molar-refractivity contribution in [2.75, 3.05) is 7.11 Å². The van der Waals surface area contributed by atoms with Crippen molar-refractivity contribution in [2.24, 2.45) is 7.05 Å². The lowest BCUT2D eigenvalue weighted by molar-refractivity contribution is -0.143. The van der Waals surface area contributed by atoms with Crippen LogP contribution in [0.3, 0.4) is 0 Å². The molecular formula is C10H10F2N2O4. The second-order valence-corrected chi connectivity index (χ2v) is 4.12. The Kier molecular flexibility index (Phi) is 2.42. The first-order valence-corrected chi connectivity index (χ1v) is 5.00. The summed E-state index contributed by atoms with van der Waals surface area (Å²) in [6, 6.07) is 1.03. The van der Waals surface area contributed by atoms with Gasteiger partial charge in [0.15, 0.2) is 11.1 Å². The van der Waals surface area contributed by atoms with E-state index >= 15 is 0 Å². The minimum Gasteiger partial charge on any atom is -0.480 e. The van der Waals surface area contributed by atoms with Gasteiger partial charge in [-0.15, -0.1) is 0 Å².